The summed E-state index contributed by atoms with van der Waals surface area (Å²) in [6.45, 7) is 0. The average molecular weight is 163 g/mol. The van der Waals surface area contributed by atoms with E-state index in [1.54, 1.807) is 24.4 Å². The Balaban J connectivity index is 2.69. The smallest absolute Gasteiger partial charge is 0.134 e. The van der Waals surface area contributed by atoms with Crippen molar-refractivity contribution in [2.24, 2.45) is 0 Å². The molecule has 0 atom stereocenters. The normalized spacial score (nSPS) is 10.3. The molecule has 0 aliphatic rings. The van der Waals surface area contributed by atoms with E-state index in [0.717, 1.165) is 11.8 Å². The van der Waals surface area contributed by atoms with Crippen LogP contribution in [-0.2, 0) is 4.79 Å². The number of aromatic nitrogens is 1. The van der Waals surface area contributed by atoms with Crippen LogP contribution in [0.3, 0.4) is 0 Å². The maximum atomic E-state index is 9.95. The fourth-order valence-electron chi connectivity index (χ4n) is 0.796. The molecule has 0 fully saturated rings. The summed E-state index contributed by atoms with van der Waals surface area (Å²) in [5.74, 6) is 0.128. The lowest BCUT2D eigenvalue weighted by Gasteiger charge is -1.92. The molecule has 0 unspecified atom stereocenters. The lowest BCUT2D eigenvalue weighted by atomic mass is 10.2. The van der Waals surface area contributed by atoms with E-state index in [9.17, 15) is 4.79 Å². The fourth-order valence-corrected chi connectivity index (χ4v) is 0.796. The van der Waals surface area contributed by atoms with E-state index >= 15 is 0 Å². The molecule has 0 aliphatic carbocycles. The molecule has 1 aromatic heterocycles. The number of hydrogen-bond donors (Lipinski definition) is 1. The number of rotatable bonds is 3. The van der Waals surface area contributed by atoms with E-state index in [0.29, 0.717) is 6.42 Å². The Morgan fingerprint density at radius 1 is 1.50 bits per heavy atom. The Bertz CT molecular complexity index is 294. The van der Waals surface area contributed by atoms with Crippen molar-refractivity contribution >= 4 is 12.4 Å². The zero-order valence-corrected chi connectivity index (χ0v) is 6.47. The highest BCUT2D eigenvalue weighted by Gasteiger charge is 1.88. The molecule has 0 saturated heterocycles. The minimum absolute atomic E-state index is 0.128. The van der Waals surface area contributed by atoms with Gasteiger partial charge in [0.1, 0.15) is 12.0 Å². The van der Waals surface area contributed by atoms with Gasteiger partial charge >= 0.3 is 0 Å². The summed E-state index contributed by atoms with van der Waals surface area (Å²) in [6, 6.07) is 1.58. The molecular weight excluding hydrogens is 154 g/mol. The van der Waals surface area contributed by atoms with Gasteiger partial charge < -0.3 is 9.90 Å². The van der Waals surface area contributed by atoms with Crippen LogP contribution in [0.5, 0.6) is 5.75 Å². The molecule has 3 nitrogen and oxygen atoms in total. The van der Waals surface area contributed by atoms with Gasteiger partial charge in [-0.05, 0) is 11.6 Å². The second-order valence-electron chi connectivity index (χ2n) is 2.28. The van der Waals surface area contributed by atoms with Crippen LogP contribution in [0.2, 0.25) is 0 Å². The number of aromatic hydroxyl groups is 1. The van der Waals surface area contributed by atoms with Gasteiger partial charge in [-0.2, -0.15) is 0 Å². The number of allylic oxidation sites excluding steroid dienone is 1. The Kier molecular flexibility index (Phi) is 3.02. The largest absolute Gasteiger partial charge is 0.506 e. The molecule has 1 heterocycles. The van der Waals surface area contributed by atoms with Crippen LogP contribution in [0.15, 0.2) is 24.5 Å². The summed E-state index contributed by atoms with van der Waals surface area (Å²) < 4.78 is 0. The van der Waals surface area contributed by atoms with Crippen LogP contribution in [0.4, 0.5) is 0 Å². The molecule has 0 bridgehead atoms. The van der Waals surface area contributed by atoms with E-state index < -0.39 is 0 Å². The zero-order valence-electron chi connectivity index (χ0n) is 6.47. The Morgan fingerprint density at radius 3 is 3.00 bits per heavy atom. The number of pyridine rings is 1. The highest BCUT2D eigenvalue weighted by molar-refractivity contribution is 5.57. The fraction of sp³-hybridized carbons (Fsp3) is 0.111. The summed E-state index contributed by atoms with van der Waals surface area (Å²) >= 11 is 0. The van der Waals surface area contributed by atoms with Gasteiger partial charge in [-0.15, -0.1) is 0 Å². The molecule has 1 aromatic rings. The Morgan fingerprint density at radius 2 is 2.33 bits per heavy atom. The molecule has 0 spiro atoms. The molecule has 1 rings (SSSR count). The minimum atomic E-state index is 0.128. The molecule has 3 heteroatoms. The number of carbonyl (C=O) groups excluding carboxylic acids is 1. The standard InChI is InChI=1S/C9H9NO2/c11-4-2-1-3-8-5-9(12)7-10-6-8/h1,3-7,12H,2H2. The SMILES string of the molecule is O=CCC=Cc1cncc(O)c1. The molecule has 62 valence electrons. The number of aldehydes is 1. The maximum absolute atomic E-state index is 9.95. The van der Waals surface area contributed by atoms with Gasteiger partial charge in [-0.1, -0.05) is 12.2 Å². The molecule has 1 N–H and O–H groups in total. The van der Waals surface area contributed by atoms with Gasteiger partial charge in [0.15, 0.2) is 0 Å². The number of hydrogen-bond acceptors (Lipinski definition) is 3. The van der Waals surface area contributed by atoms with Crippen LogP contribution >= 0.6 is 0 Å². The molecule has 0 saturated carbocycles. The summed E-state index contributed by atoms with van der Waals surface area (Å²) in [5.41, 5.74) is 0.789. The Labute approximate surface area is 70.4 Å². The van der Waals surface area contributed by atoms with Crippen LogP contribution in [-0.4, -0.2) is 16.4 Å². The second kappa shape index (κ2) is 4.28. The van der Waals surface area contributed by atoms with Gasteiger partial charge in [0.05, 0.1) is 6.20 Å². The van der Waals surface area contributed by atoms with Crippen molar-refractivity contribution in [3.05, 3.63) is 30.1 Å². The summed E-state index contributed by atoms with van der Waals surface area (Å²) in [5, 5.41) is 9.00. The van der Waals surface area contributed by atoms with E-state index in [-0.39, 0.29) is 5.75 Å². The van der Waals surface area contributed by atoms with Gasteiger partial charge in [-0.3, -0.25) is 4.98 Å². The quantitative estimate of drug-likeness (QED) is 0.685. The van der Waals surface area contributed by atoms with Crippen LogP contribution in [0, 0.1) is 0 Å². The van der Waals surface area contributed by atoms with E-state index in [1.807, 2.05) is 0 Å². The van der Waals surface area contributed by atoms with Crippen molar-refractivity contribution in [2.45, 2.75) is 6.42 Å². The maximum Gasteiger partial charge on any atom is 0.134 e. The average Bonchev–Trinajstić information content (AvgIpc) is 2.05. The summed E-state index contributed by atoms with van der Waals surface area (Å²) in [6.07, 6.45) is 7.62. The van der Waals surface area contributed by atoms with Gasteiger partial charge in [0.2, 0.25) is 0 Å². The predicted molar refractivity (Wildman–Crippen MR) is 45.6 cm³/mol. The van der Waals surface area contributed by atoms with Gasteiger partial charge in [-0.25, -0.2) is 0 Å². The van der Waals surface area contributed by atoms with Crippen molar-refractivity contribution in [2.75, 3.05) is 0 Å². The lowest BCUT2D eigenvalue weighted by Crippen LogP contribution is -1.75. The molecule has 0 radical (unpaired) electrons. The third kappa shape index (κ3) is 2.54. The monoisotopic (exact) mass is 163 g/mol. The van der Waals surface area contributed by atoms with Crippen molar-refractivity contribution in [3.8, 4) is 5.75 Å². The molecule has 0 aliphatic heterocycles. The third-order valence-electron chi connectivity index (χ3n) is 1.29. The first-order valence-corrected chi connectivity index (χ1v) is 3.57. The Hall–Kier alpha value is -1.64. The topological polar surface area (TPSA) is 50.2 Å². The molecular formula is C9H9NO2. The van der Waals surface area contributed by atoms with Gasteiger partial charge in [0.25, 0.3) is 0 Å². The third-order valence-corrected chi connectivity index (χ3v) is 1.29. The van der Waals surface area contributed by atoms with Crippen molar-refractivity contribution in [3.63, 3.8) is 0 Å². The number of carbonyl (C=O) groups is 1. The van der Waals surface area contributed by atoms with Gasteiger partial charge in [0, 0.05) is 12.6 Å². The highest BCUT2D eigenvalue weighted by atomic mass is 16.3. The van der Waals surface area contributed by atoms with Crippen LogP contribution in [0.25, 0.3) is 6.08 Å². The lowest BCUT2D eigenvalue weighted by molar-refractivity contribution is -0.107. The highest BCUT2D eigenvalue weighted by Crippen LogP contribution is 2.09. The molecule has 0 aromatic carbocycles. The minimum Gasteiger partial charge on any atom is -0.506 e. The molecule has 0 amide bonds. The second-order valence-corrected chi connectivity index (χ2v) is 2.28. The first-order chi connectivity index (χ1) is 5.83. The molecule has 12 heavy (non-hydrogen) atoms. The van der Waals surface area contributed by atoms with Crippen molar-refractivity contribution in [1.82, 2.24) is 4.98 Å². The van der Waals surface area contributed by atoms with Crippen molar-refractivity contribution in [1.29, 1.82) is 0 Å². The van der Waals surface area contributed by atoms with E-state index in [4.69, 9.17) is 5.11 Å². The van der Waals surface area contributed by atoms with E-state index in [1.165, 1.54) is 6.20 Å². The van der Waals surface area contributed by atoms with Crippen LogP contribution in [0.1, 0.15) is 12.0 Å². The van der Waals surface area contributed by atoms with E-state index in [2.05, 4.69) is 4.98 Å². The first-order valence-electron chi connectivity index (χ1n) is 3.57. The summed E-state index contributed by atoms with van der Waals surface area (Å²) in [7, 11) is 0. The zero-order chi connectivity index (χ0) is 8.81. The summed E-state index contributed by atoms with van der Waals surface area (Å²) in [4.78, 5) is 13.7. The van der Waals surface area contributed by atoms with Crippen molar-refractivity contribution < 1.29 is 9.90 Å². The number of nitrogens with zero attached hydrogens (tertiary/aromatic N) is 1. The van der Waals surface area contributed by atoms with Crippen LogP contribution < -0.4 is 0 Å². The first kappa shape index (κ1) is 8.46. The predicted octanol–water partition coefficient (Wildman–Crippen LogP) is 1.39.